The first-order valence-corrected chi connectivity index (χ1v) is 12.3. The van der Waals surface area contributed by atoms with Gasteiger partial charge in [0.1, 0.15) is 4.83 Å². The Morgan fingerprint density at radius 2 is 1.84 bits per heavy atom. The summed E-state index contributed by atoms with van der Waals surface area (Å²) in [5.41, 5.74) is 2.47. The average Bonchev–Trinajstić information content (AvgIpc) is 3.30. The van der Waals surface area contributed by atoms with Crippen molar-refractivity contribution >= 4 is 37.4 Å². The third-order valence-electron chi connectivity index (χ3n) is 5.39. The normalized spacial score (nSPS) is 11.9. The van der Waals surface area contributed by atoms with Crippen molar-refractivity contribution in [3.63, 3.8) is 0 Å². The number of sulfonamides is 1. The Kier molecular flexibility index (Phi) is 5.61. The van der Waals surface area contributed by atoms with E-state index in [0.717, 1.165) is 17.0 Å². The number of carbonyl (C=O) groups excluding carboxylic acids is 1. The van der Waals surface area contributed by atoms with Gasteiger partial charge in [-0.3, -0.25) is 14.2 Å². The quantitative estimate of drug-likeness (QED) is 0.435. The first kappa shape index (κ1) is 22.1. The van der Waals surface area contributed by atoms with Gasteiger partial charge in [-0.25, -0.2) is 18.5 Å². The van der Waals surface area contributed by atoms with Gasteiger partial charge in [-0.2, -0.15) is 0 Å². The van der Waals surface area contributed by atoms with Crippen molar-refractivity contribution in [2.45, 2.75) is 38.6 Å². The van der Waals surface area contributed by atoms with E-state index in [0.29, 0.717) is 27.2 Å². The predicted molar refractivity (Wildman–Crippen MR) is 124 cm³/mol. The Hall–Kier alpha value is -3.08. The number of nitrogens with zero attached hydrogens (tertiary/aromatic N) is 3. The lowest BCUT2D eigenvalue weighted by Crippen LogP contribution is -2.24. The molecule has 4 aromatic rings. The van der Waals surface area contributed by atoms with Crippen LogP contribution in [0.1, 0.15) is 33.5 Å². The molecule has 0 unspecified atom stereocenters. The van der Waals surface area contributed by atoms with Crippen LogP contribution in [0.2, 0.25) is 0 Å². The van der Waals surface area contributed by atoms with Crippen LogP contribution in [0.15, 0.2) is 52.4 Å². The minimum absolute atomic E-state index is 0.0157. The molecule has 2 N–H and O–H groups in total. The van der Waals surface area contributed by atoms with E-state index in [2.05, 4.69) is 4.98 Å². The van der Waals surface area contributed by atoms with Crippen LogP contribution in [0.25, 0.3) is 15.9 Å². The number of ketones is 1. The van der Waals surface area contributed by atoms with Gasteiger partial charge >= 0.3 is 0 Å². The molecule has 1 aromatic carbocycles. The van der Waals surface area contributed by atoms with Crippen LogP contribution in [0.5, 0.6) is 0 Å². The lowest BCUT2D eigenvalue weighted by atomic mass is 10.1. The molecule has 3 aromatic heterocycles. The molecule has 0 radical (unpaired) electrons. The van der Waals surface area contributed by atoms with Crippen LogP contribution < -0.4 is 10.7 Å². The van der Waals surface area contributed by atoms with Crippen LogP contribution >= 0.6 is 11.3 Å². The lowest BCUT2D eigenvalue weighted by Gasteiger charge is -2.11. The maximum Gasteiger partial charge on any atom is 0.262 e. The van der Waals surface area contributed by atoms with E-state index < -0.39 is 10.0 Å². The molecule has 0 spiro atoms. The average molecular weight is 471 g/mol. The number of fused-ring (bicyclic) bond motifs is 1. The molecule has 0 saturated heterocycles. The summed E-state index contributed by atoms with van der Waals surface area (Å²) in [7, 11) is -3.79. The van der Waals surface area contributed by atoms with Crippen molar-refractivity contribution in [1.82, 2.24) is 14.1 Å². The van der Waals surface area contributed by atoms with E-state index >= 15 is 0 Å². The molecular weight excluding hydrogens is 448 g/mol. The van der Waals surface area contributed by atoms with Crippen molar-refractivity contribution < 1.29 is 13.2 Å². The molecule has 32 heavy (non-hydrogen) atoms. The van der Waals surface area contributed by atoms with Gasteiger partial charge in [-0.1, -0.05) is 6.92 Å². The number of Topliss-reactive ketones (excluding diaryl/α,β-unsaturated/α-hetero) is 1. The lowest BCUT2D eigenvalue weighted by molar-refractivity contribution is 0.0970. The number of aryl methyl sites for hydroxylation is 2. The summed E-state index contributed by atoms with van der Waals surface area (Å²) in [6.45, 7) is 5.57. The zero-order chi connectivity index (χ0) is 23.2. The van der Waals surface area contributed by atoms with Crippen molar-refractivity contribution in [3.05, 3.63) is 74.9 Å². The van der Waals surface area contributed by atoms with Crippen LogP contribution in [-0.2, 0) is 23.0 Å². The second kappa shape index (κ2) is 8.12. The Bertz CT molecular complexity index is 1510. The van der Waals surface area contributed by atoms with Gasteiger partial charge in [0.05, 0.1) is 23.2 Å². The van der Waals surface area contributed by atoms with Gasteiger partial charge in [0.15, 0.2) is 5.78 Å². The molecule has 10 heteroatoms. The molecule has 0 fully saturated rings. The van der Waals surface area contributed by atoms with Crippen LogP contribution in [-0.4, -0.2) is 28.3 Å². The van der Waals surface area contributed by atoms with E-state index in [1.54, 1.807) is 18.2 Å². The Morgan fingerprint density at radius 3 is 2.47 bits per heavy atom. The third-order valence-corrected chi connectivity index (χ3v) is 7.50. The summed E-state index contributed by atoms with van der Waals surface area (Å²) in [5, 5.41) is 5.70. The number of nitrogens with two attached hydrogens (primary N) is 1. The molecule has 166 valence electrons. The first-order chi connectivity index (χ1) is 15.1. The van der Waals surface area contributed by atoms with Gasteiger partial charge in [0.2, 0.25) is 10.0 Å². The monoisotopic (exact) mass is 470 g/mol. The number of thiophene rings is 1. The molecule has 0 saturated carbocycles. The maximum atomic E-state index is 13.1. The SMILES string of the molecule is CCc1cc2c(=O)n(CC(=O)c3cc(C)n(-c4ccc(S(N)(=O)=O)cc4)c3C)cnc2s1. The number of rotatable bonds is 6. The molecule has 8 nitrogen and oxygen atoms in total. The van der Waals surface area contributed by atoms with Gasteiger partial charge in [-0.05, 0) is 56.7 Å². The standard InChI is InChI=1S/C22H22N4O4S2/c1-4-16-10-19-21(31-16)24-12-25(22(19)28)11-20(27)18-9-13(2)26(14(18)3)15-5-7-17(8-6-15)32(23,29)30/h5-10,12H,4,11H2,1-3H3,(H2,23,29,30). The summed E-state index contributed by atoms with van der Waals surface area (Å²) < 4.78 is 26.2. The maximum absolute atomic E-state index is 13.1. The van der Waals surface area contributed by atoms with Crippen LogP contribution in [0.3, 0.4) is 0 Å². The van der Waals surface area contributed by atoms with Gasteiger partial charge in [0.25, 0.3) is 5.56 Å². The highest BCUT2D eigenvalue weighted by molar-refractivity contribution is 7.89. The highest BCUT2D eigenvalue weighted by Gasteiger charge is 2.19. The number of primary sulfonamides is 1. The van der Waals surface area contributed by atoms with Crippen LogP contribution in [0, 0.1) is 13.8 Å². The van der Waals surface area contributed by atoms with Gasteiger partial charge in [0, 0.05) is 27.5 Å². The van der Waals surface area contributed by atoms with E-state index in [-0.39, 0.29) is 22.8 Å². The molecule has 0 aliphatic rings. The number of benzene rings is 1. The number of hydrogen-bond donors (Lipinski definition) is 1. The number of hydrogen-bond acceptors (Lipinski definition) is 6. The van der Waals surface area contributed by atoms with Crippen molar-refractivity contribution in [3.8, 4) is 5.69 Å². The summed E-state index contributed by atoms with van der Waals surface area (Å²) in [6.07, 6.45) is 2.24. The molecule has 0 aliphatic heterocycles. The fraction of sp³-hybridized carbons (Fsp3) is 0.227. The smallest absolute Gasteiger partial charge is 0.262 e. The van der Waals surface area contributed by atoms with E-state index in [1.165, 1.54) is 34.4 Å². The summed E-state index contributed by atoms with van der Waals surface area (Å²) in [5.74, 6) is -0.209. The summed E-state index contributed by atoms with van der Waals surface area (Å²) in [4.78, 5) is 32.0. The predicted octanol–water partition coefficient (Wildman–Crippen LogP) is 2.96. The Balaban J connectivity index is 1.67. The molecule has 0 atom stereocenters. The summed E-state index contributed by atoms with van der Waals surface area (Å²) >= 11 is 1.49. The van der Waals surface area contributed by atoms with Crippen molar-refractivity contribution in [1.29, 1.82) is 0 Å². The van der Waals surface area contributed by atoms with E-state index in [1.807, 2.05) is 31.4 Å². The van der Waals surface area contributed by atoms with E-state index in [4.69, 9.17) is 5.14 Å². The number of carbonyl (C=O) groups is 1. The fourth-order valence-electron chi connectivity index (χ4n) is 3.76. The highest BCUT2D eigenvalue weighted by atomic mass is 32.2. The Morgan fingerprint density at radius 1 is 1.16 bits per heavy atom. The second-order valence-corrected chi connectivity index (χ2v) is 10.2. The molecule has 0 aliphatic carbocycles. The summed E-state index contributed by atoms with van der Waals surface area (Å²) in [6, 6.07) is 9.74. The third kappa shape index (κ3) is 3.92. The van der Waals surface area contributed by atoms with Crippen LogP contribution in [0.4, 0.5) is 0 Å². The second-order valence-electron chi connectivity index (χ2n) is 7.55. The fourth-order valence-corrected chi connectivity index (χ4v) is 5.20. The van der Waals surface area contributed by atoms with Crippen molar-refractivity contribution in [2.75, 3.05) is 0 Å². The molecular formula is C22H22N4O4S2. The first-order valence-electron chi connectivity index (χ1n) is 9.93. The zero-order valence-corrected chi connectivity index (χ0v) is 19.5. The highest BCUT2D eigenvalue weighted by Crippen LogP contribution is 2.24. The van der Waals surface area contributed by atoms with E-state index in [9.17, 15) is 18.0 Å². The molecule has 4 rings (SSSR count). The molecule has 0 amide bonds. The Labute approximate surface area is 189 Å². The molecule has 0 bridgehead atoms. The zero-order valence-electron chi connectivity index (χ0n) is 17.8. The molecule has 3 heterocycles. The minimum atomic E-state index is -3.79. The van der Waals surface area contributed by atoms with Gasteiger partial charge in [-0.15, -0.1) is 11.3 Å². The minimum Gasteiger partial charge on any atom is -0.318 e. The number of aromatic nitrogens is 3. The van der Waals surface area contributed by atoms with Crippen molar-refractivity contribution in [2.24, 2.45) is 5.14 Å². The largest absolute Gasteiger partial charge is 0.318 e. The van der Waals surface area contributed by atoms with Gasteiger partial charge < -0.3 is 4.57 Å². The topological polar surface area (TPSA) is 117 Å².